The monoisotopic (exact) mass is 339 g/mol. The molecule has 0 amide bonds. The van der Waals surface area contributed by atoms with E-state index < -0.39 is 0 Å². The van der Waals surface area contributed by atoms with Crippen LogP contribution in [-0.4, -0.2) is 32.8 Å². The van der Waals surface area contributed by atoms with E-state index in [9.17, 15) is 0 Å². The van der Waals surface area contributed by atoms with Gasteiger partial charge in [-0.15, -0.1) is 0 Å². The molecule has 0 aliphatic heterocycles. The highest BCUT2D eigenvalue weighted by atomic mass is 16.7. The first-order valence-corrected chi connectivity index (χ1v) is 7.96. The Morgan fingerprint density at radius 1 is 0.800 bits per heavy atom. The van der Waals surface area contributed by atoms with Gasteiger partial charge in [0.15, 0.2) is 13.6 Å². The van der Waals surface area contributed by atoms with Crippen molar-refractivity contribution < 1.29 is 18.9 Å². The summed E-state index contributed by atoms with van der Waals surface area (Å²) in [7, 11) is 3.18. The third-order valence-corrected chi connectivity index (χ3v) is 3.83. The van der Waals surface area contributed by atoms with Crippen LogP contribution in [0, 0.1) is 6.92 Å². The second-order valence-electron chi connectivity index (χ2n) is 5.64. The van der Waals surface area contributed by atoms with Crippen molar-refractivity contribution in [3.05, 3.63) is 54.2 Å². The zero-order valence-electron chi connectivity index (χ0n) is 14.6. The number of fused-ring (bicyclic) bond motifs is 1. The van der Waals surface area contributed by atoms with Crippen molar-refractivity contribution in [1.82, 2.24) is 4.98 Å². The fraction of sp³-hybridized carbons (Fsp3) is 0.250. The van der Waals surface area contributed by atoms with E-state index in [1.165, 1.54) is 5.56 Å². The summed E-state index contributed by atoms with van der Waals surface area (Å²) < 4.78 is 21.4. The fourth-order valence-electron chi connectivity index (χ4n) is 2.57. The molecular weight excluding hydrogens is 318 g/mol. The van der Waals surface area contributed by atoms with Crippen LogP contribution in [0.5, 0.6) is 11.5 Å². The second kappa shape index (κ2) is 7.96. The number of benzene rings is 2. The smallest absolute Gasteiger partial charge is 0.188 e. The highest BCUT2D eigenvalue weighted by Gasteiger charge is 2.11. The molecule has 0 saturated heterocycles. The summed E-state index contributed by atoms with van der Waals surface area (Å²) in [5.74, 6) is 1.42. The van der Waals surface area contributed by atoms with Crippen molar-refractivity contribution in [2.24, 2.45) is 0 Å². The Balaban J connectivity index is 2.08. The van der Waals surface area contributed by atoms with Gasteiger partial charge in [-0.3, -0.25) is 4.98 Å². The third-order valence-electron chi connectivity index (χ3n) is 3.83. The lowest BCUT2D eigenvalue weighted by Crippen LogP contribution is -2.02. The molecule has 0 aliphatic carbocycles. The fourth-order valence-corrected chi connectivity index (χ4v) is 2.57. The Bertz CT molecular complexity index is 846. The van der Waals surface area contributed by atoms with E-state index in [2.05, 4.69) is 36.2 Å². The van der Waals surface area contributed by atoms with Gasteiger partial charge in [0.2, 0.25) is 0 Å². The number of hydrogen-bond acceptors (Lipinski definition) is 5. The van der Waals surface area contributed by atoms with Crippen molar-refractivity contribution in [3.63, 3.8) is 0 Å². The number of ether oxygens (including phenoxy) is 4. The molecule has 1 aromatic heterocycles. The lowest BCUT2D eigenvalue weighted by molar-refractivity contribution is 0.0500. The van der Waals surface area contributed by atoms with Gasteiger partial charge in [-0.25, -0.2) is 0 Å². The molecule has 1 heterocycles. The predicted molar refractivity (Wildman–Crippen MR) is 96.9 cm³/mol. The maximum absolute atomic E-state index is 5.70. The minimum absolute atomic E-state index is 0.174. The molecule has 0 unspecified atom stereocenters. The van der Waals surface area contributed by atoms with Gasteiger partial charge >= 0.3 is 0 Å². The molecule has 0 atom stereocenters. The van der Waals surface area contributed by atoms with Gasteiger partial charge in [-0.2, -0.15) is 0 Å². The zero-order valence-corrected chi connectivity index (χ0v) is 14.6. The number of methoxy groups -OCH3 is 2. The SMILES string of the molecule is COCOc1ccc(OCOC)c2cc(-c3ccc(C)cc3)ncc12. The van der Waals surface area contributed by atoms with Crippen LogP contribution in [0.3, 0.4) is 0 Å². The van der Waals surface area contributed by atoms with Crippen LogP contribution in [0.4, 0.5) is 0 Å². The van der Waals surface area contributed by atoms with Gasteiger partial charge in [0.1, 0.15) is 11.5 Å². The highest BCUT2D eigenvalue weighted by molar-refractivity contribution is 5.94. The van der Waals surface area contributed by atoms with Crippen molar-refractivity contribution in [2.45, 2.75) is 6.92 Å². The number of hydrogen-bond donors (Lipinski definition) is 0. The Labute approximate surface area is 147 Å². The molecule has 5 nitrogen and oxygen atoms in total. The molecular formula is C20H21NO4. The summed E-state index contributed by atoms with van der Waals surface area (Å²) in [6.45, 7) is 2.41. The lowest BCUT2D eigenvalue weighted by atomic mass is 10.1. The predicted octanol–water partition coefficient (Wildman–Crippen LogP) is 4.18. The van der Waals surface area contributed by atoms with E-state index in [1.54, 1.807) is 20.4 Å². The minimum Gasteiger partial charge on any atom is -0.467 e. The summed E-state index contributed by atoms with van der Waals surface area (Å²) >= 11 is 0. The molecule has 0 saturated carbocycles. The van der Waals surface area contributed by atoms with E-state index in [1.807, 2.05) is 18.2 Å². The van der Waals surface area contributed by atoms with Gasteiger partial charge in [-0.1, -0.05) is 29.8 Å². The Hall–Kier alpha value is -2.63. The normalized spacial score (nSPS) is 10.8. The van der Waals surface area contributed by atoms with Crippen LogP contribution in [0.15, 0.2) is 48.7 Å². The molecule has 0 aliphatic rings. The van der Waals surface area contributed by atoms with E-state index in [-0.39, 0.29) is 13.6 Å². The number of pyridine rings is 1. The maximum Gasteiger partial charge on any atom is 0.188 e. The van der Waals surface area contributed by atoms with E-state index in [0.29, 0.717) is 5.75 Å². The van der Waals surface area contributed by atoms with Crippen LogP contribution >= 0.6 is 0 Å². The topological polar surface area (TPSA) is 49.8 Å². The highest BCUT2D eigenvalue weighted by Crippen LogP contribution is 2.35. The van der Waals surface area contributed by atoms with Crippen LogP contribution < -0.4 is 9.47 Å². The van der Waals surface area contributed by atoms with Crippen LogP contribution in [0.1, 0.15) is 5.56 Å². The van der Waals surface area contributed by atoms with Crippen LogP contribution in [0.2, 0.25) is 0 Å². The molecule has 0 N–H and O–H groups in total. The molecule has 130 valence electrons. The molecule has 3 aromatic rings. The van der Waals surface area contributed by atoms with Crippen molar-refractivity contribution >= 4 is 10.8 Å². The van der Waals surface area contributed by atoms with E-state index in [4.69, 9.17) is 18.9 Å². The van der Waals surface area contributed by atoms with Gasteiger partial charge in [0.25, 0.3) is 0 Å². The Morgan fingerprint density at radius 2 is 1.40 bits per heavy atom. The van der Waals surface area contributed by atoms with Crippen molar-refractivity contribution in [2.75, 3.05) is 27.8 Å². The van der Waals surface area contributed by atoms with E-state index in [0.717, 1.165) is 27.8 Å². The van der Waals surface area contributed by atoms with Crippen molar-refractivity contribution in [3.8, 4) is 22.8 Å². The van der Waals surface area contributed by atoms with Crippen LogP contribution in [0.25, 0.3) is 22.0 Å². The minimum atomic E-state index is 0.174. The maximum atomic E-state index is 5.70. The second-order valence-corrected chi connectivity index (χ2v) is 5.64. The molecule has 5 heteroatoms. The molecule has 3 rings (SSSR count). The van der Waals surface area contributed by atoms with Gasteiger partial charge in [-0.05, 0) is 25.1 Å². The largest absolute Gasteiger partial charge is 0.467 e. The average molecular weight is 339 g/mol. The quantitative estimate of drug-likeness (QED) is 0.605. The number of aromatic nitrogens is 1. The van der Waals surface area contributed by atoms with Crippen molar-refractivity contribution in [1.29, 1.82) is 0 Å². The Kier molecular flexibility index (Phi) is 5.48. The molecule has 0 bridgehead atoms. The number of rotatable bonds is 7. The molecule has 0 spiro atoms. The number of nitrogens with zero attached hydrogens (tertiary/aromatic N) is 1. The molecule has 0 fully saturated rings. The van der Waals surface area contributed by atoms with Gasteiger partial charge < -0.3 is 18.9 Å². The molecule has 25 heavy (non-hydrogen) atoms. The summed E-state index contributed by atoms with van der Waals surface area (Å²) in [6, 6.07) is 14.0. The Morgan fingerprint density at radius 3 is 2.00 bits per heavy atom. The lowest BCUT2D eigenvalue weighted by Gasteiger charge is -2.13. The zero-order chi connectivity index (χ0) is 17.6. The average Bonchev–Trinajstić information content (AvgIpc) is 2.65. The molecule has 2 aromatic carbocycles. The van der Waals surface area contributed by atoms with Gasteiger partial charge in [0, 0.05) is 36.8 Å². The standard InChI is InChI=1S/C20H21NO4/c1-14-4-6-15(7-5-14)18-10-16-17(11-21-18)20(25-13-23-3)9-8-19(16)24-12-22-2/h4-11H,12-13H2,1-3H3. The third kappa shape index (κ3) is 3.90. The first kappa shape index (κ1) is 17.2. The first-order valence-electron chi connectivity index (χ1n) is 7.96. The first-order chi connectivity index (χ1) is 12.2. The summed E-state index contributed by atoms with van der Waals surface area (Å²) in [5, 5.41) is 1.78. The van der Waals surface area contributed by atoms with Crippen LogP contribution in [-0.2, 0) is 9.47 Å². The number of aryl methyl sites for hydroxylation is 1. The summed E-state index contributed by atoms with van der Waals surface area (Å²) in [4.78, 5) is 4.59. The van der Waals surface area contributed by atoms with E-state index >= 15 is 0 Å². The summed E-state index contributed by atoms with van der Waals surface area (Å²) in [5.41, 5.74) is 3.14. The molecule has 0 radical (unpaired) electrons. The van der Waals surface area contributed by atoms with Gasteiger partial charge in [0.05, 0.1) is 5.69 Å². The summed E-state index contributed by atoms with van der Waals surface area (Å²) in [6.07, 6.45) is 1.80.